The summed E-state index contributed by atoms with van der Waals surface area (Å²) in [6, 6.07) is 0. The van der Waals surface area contributed by atoms with Crippen molar-refractivity contribution in [3.8, 4) is 0 Å². The fourth-order valence-corrected chi connectivity index (χ4v) is 0.500. The first-order valence-electron chi connectivity index (χ1n) is 2.83. The average Bonchev–Trinajstić information content (AvgIpc) is 1.82. The average molecular weight is 129 g/mol. The number of hydrogen-bond donors (Lipinski definition) is 2. The van der Waals surface area contributed by atoms with Gasteiger partial charge in [0.15, 0.2) is 0 Å². The molecule has 0 fully saturated rings. The van der Waals surface area contributed by atoms with E-state index in [1.807, 2.05) is 6.92 Å². The minimum atomic E-state index is -0.903. The number of carboxylic acid groups (broad SMARTS) is 1. The van der Waals surface area contributed by atoms with E-state index >= 15 is 0 Å². The molecule has 0 rings (SSSR count). The lowest BCUT2D eigenvalue weighted by Crippen LogP contribution is -2.14. The second-order valence-electron chi connectivity index (χ2n) is 1.58. The Bertz CT molecular complexity index is 129. The maximum absolute atomic E-state index is 10.2. The topological polar surface area (TPSA) is 49.3 Å². The molecule has 0 amide bonds. The van der Waals surface area contributed by atoms with Gasteiger partial charge in [-0.15, -0.1) is 0 Å². The van der Waals surface area contributed by atoms with Crippen molar-refractivity contribution in [2.45, 2.75) is 13.3 Å². The molecular weight excluding hydrogens is 118 g/mol. The highest BCUT2D eigenvalue weighted by Gasteiger charge is 2.00. The van der Waals surface area contributed by atoms with Gasteiger partial charge < -0.3 is 10.4 Å². The first-order valence-corrected chi connectivity index (χ1v) is 2.83. The number of likely N-dealkylation sites (N-methyl/N-ethyl adjacent to an activating group) is 1. The lowest BCUT2D eigenvalue weighted by atomic mass is 10.3. The summed E-state index contributed by atoms with van der Waals surface area (Å²) in [6.07, 6.45) is 2.37. The Hall–Kier alpha value is -0.990. The molecule has 3 nitrogen and oxygen atoms in total. The van der Waals surface area contributed by atoms with E-state index in [1.165, 1.54) is 0 Å². The molecule has 9 heavy (non-hydrogen) atoms. The van der Waals surface area contributed by atoms with Crippen LogP contribution >= 0.6 is 0 Å². The molecule has 2 N–H and O–H groups in total. The predicted octanol–water partition coefficient (Wildman–Crippen LogP) is 0.584. The lowest BCUT2D eigenvalue weighted by molar-refractivity contribution is -0.133. The van der Waals surface area contributed by atoms with Crippen LogP contribution in [-0.2, 0) is 4.79 Å². The first-order chi connectivity index (χ1) is 4.22. The van der Waals surface area contributed by atoms with Gasteiger partial charge in [0.2, 0.25) is 0 Å². The van der Waals surface area contributed by atoms with Gasteiger partial charge in [-0.3, -0.25) is 0 Å². The molecule has 0 aliphatic heterocycles. The van der Waals surface area contributed by atoms with E-state index in [9.17, 15) is 4.79 Å². The van der Waals surface area contributed by atoms with Gasteiger partial charge in [-0.2, -0.15) is 0 Å². The van der Waals surface area contributed by atoms with Crippen LogP contribution in [0.25, 0.3) is 0 Å². The van der Waals surface area contributed by atoms with Gasteiger partial charge >= 0.3 is 5.97 Å². The second kappa shape index (κ2) is 3.95. The fraction of sp³-hybridized carbons (Fsp3) is 0.500. The number of allylic oxidation sites excluding steroid dienone is 1. The molecule has 3 heteroatoms. The smallest absolute Gasteiger partial charge is 0.351 e. The Balaban J connectivity index is 3.98. The van der Waals surface area contributed by atoms with Crippen LogP contribution in [0.5, 0.6) is 0 Å². The van der Waals surface area contributed by atoms with E-state index in [1.54, 1.807) is 13.1 Å². The molecule has 0 aromatic rings. The van der Waals surface area contributed by atoms with Crippen LogP contribution in [0.3, 0.4) is 0 Å². The van der Waals surface area contributed by atoms with Crippen molar-refractivity contribution in [1.29, 1.82) is 0 Å². The van der Waals surface area contributed by atoms with Crippen molar-refractivity contribution in [1.82, 2.24) is 5.32 Å². The fourth-order valence-electron chi connectivity index (χ4n) is 0.500. The summed E-state index contributed by atoms with van der Waals surface area (Å²) in [5.74, 6) is -0.903. The molecule has 0 aromatic heterocycles. The highest BCUT2D eigenvalue weighted by molar-refractivity contribution is 5.85. The molecule has 52 valence electrons. The number of aliphatic carboxylic acids is 1. The molecule has 0 atom stereocenters. The molecular formula is C6H11NO2. The normalized spacial score (nSPS) is 11.1. The Morgan fingerprint density at radius 3 is 2.44 bits per heavy atom. The summed E-state index contributed by atoms with van der Waals surface area (Å²) in [7, 11) is 1.59. The van der Waals surface area contributed by atoms with Crippen molar-refractivity contribution in [2.24, 2.45) is 0 Å². The highest BCUT2D eigenvalue weighted by Crippen LogP contribution is 1.89. The van der Waals surface area contributed by atoms with E-state index < -0.39 is 5.97 Å². The molecule has 0 aliphatic carbocycles. The summed E-state index contributed by atoms with van der Waals surface area (Å²) in [5.41, 5.74) is 0.262. The van der Waals surface area contributed by atoms with Gasteiger partial charge in [0.25, 0.3) is 0 Å². The number of nitrogens with one attached hydrogen (secondary N) is 1. The summed E-state index contributed by atoms with van der Waals surface area (Å²) in [4.78, 5) is 10.2. The van der Waals surface area contributed by atoms with Crippen molar-refractivity contribution in [2.75, 3.05) is 7.05 Å². The highest BCUT2D eigenvalue weighted by atomic mass is 16.4. The van der Waals surface area contributed by atoms with Crippen LogP contribution in [0.2, 0.25) is 0 Å². The van der Waals surface area contributed by atoms with E-state index in [4.69, 9.17) is 5.11 Å². The van der Waals surface area contributed by atoms with Crippen molar-refractivity contribution >= 4 is 5.97 Å². The van der Waals surface area contributed by atoms with E-state index in [-0.39, 0.29) is 5.70 Å². The van der Waals surface area contributed by atoms with Gasteiger partial charge in [0.1, 0.15) is 5.70 Å². The standard InChI is InChI=1S/C6H11NO2/c1-3-4-5(7-2)6(8)9/h4,7H,3H2,1-2H3,(H,8,9)/b5-4+. The Kier molecular flexibility index (Phi) is 3.51. The molecule has 0 radical (unpaired) electrons. The Morgan fingerprint density at radius 1 is 1.78 bits per heavy atom. The molecule has 0 aliphatic rings. The molecule has 0 bridgehead atoms. The van der Waals surface area contributed by atoms with E-state index in [0.29, 0.717) is 0 Å². The largest absolute Gasteiger partial charge is 0.477 e. The summed E-state index contributed by atoms with van der Waals surface area (Å²) in [6.45, 7) is 1.89. The van der Waals surface area contributed by atoms with Crippen LogP contribution in [0.4, 0.5) is 0 Å². The third kappa shape index (κ3) is 2.74. The minimum absolute atomic E-state index is 0.262. The monoisotopic (exact) mass is 129 g/mol. The van der Waals surface area contributed by atoms with Crippen molar-refractivity contribution < 1.29 is 9.90 Å². The lowest BCUT2D eigenvalue weighted by Gasteiger charge is -1.97. The Labute approximate surface area is 54.4 Å². The molecule has 0 unspecified atom stereocenters. The third-order valence-electron chi connectivity index (χ3n) is 0.908. The number of carbonyl (C=O) groups is 1. The van der Waals surface area contributed by atoms with Crippen molar-refractivity contribution in [3.05, 3.63) is 11.8 Å². The number of rotatable bonds is 3. The first kappa shape index (κ1) is 8.01. The van der Waals surface area contributed by atoms with Gasteiger partial charge in [-0.05, 0) is 6.42 Å². The van der Waals surface area contributed by atoms with Crippen LogP contribution in [0.15, 0.2) is 11.8 Å². The second-order valence-corrected chi connectivity index (χ2v) is 1.58. The summed E-state index contributed by atoms with van der Waals surface area (Å²) in [5, 5.41) is 10.9. The maximum atomic E-state index is 10.2. The van der Waals surface area contributed by atoms with Crippen LogP contribution in [-0.4, -0.2) is 18.1 Å². The van der Waals surface area contributed by atoms with Crippen molar-refractivity contribution in [3.63, 3.8) is 0 Å². The zero-order valence-electron chi connectivity index (χ0n) is 5.64. The quantitative estimate of drug-likeness (QED) is 0.548. The maximum Gasteiger partial charge on any atom is 0.351 e. The predicted molar refractivity (Wildman–Crippen MR) is 35.1 cm³/mol. The summed E-state index contributed by atoms with van der Waals surface area (Å²) < 4.78 is 0. The zero-order chi connectivity index (χ0) is 7.28. The summed E-state index contributed by atoms with van der Waals surface area (Å²) >= 11 is 0. The number of hydrogen-bond acceptors (Lipinski definition) is 2. The van der Waals surface area contributed by atoms with E-state index in [0.717, 1.165) is 6.42 Å². The molecule has 0 saturated heterocycles. The Morgan fingerprint density at radius 2 is 2.33 bits per heavy atom. The molecule has 0 spiro atoms. The van der Waals surface area contributed by atoms with Gasteiger partial charge in [0, 0.05) is 7.05 Å². The van der Waals surface area contributed by atoms with E-state index in [2.05, 4.69) is 5.32 Å². The minimum Gasteiger partial charge on any atom is -0.477 e. The molecule has 0 aromatic carbocycles. The van der Waals surface area contributed by atoms with Gasteiger partial charge in [-0.1, -0.05) is 13.0 Å². The third-order valence-corrected chi connectivity index (χ3v) is 0.908. The zero-order valence-corrected chi connectivity index (χ0v) is 5.64. The van der Waals surface area contributed by atoms with Crippen LogP contribution in [0, 0.1) is 0 Å². The number of carboxylic acids is 1. The molecule has 0 heterocycles. The molecule has 0 saturated carbocycles. The van der Waals surface area contributed by atoms with Gasteiger partial charge in [0.05, 0.1) is 0 Å². The SMILES string of the molecule is CC/C=C(/NC)C(=O)O. The van der Waals surface area contributed by atoms with Crippen LogP contribution < -0.4 is 5.32 Å². The van der Waals surface area contributed by atoms with Crippen LogP contribution in [0.1, 0.15) is 13.3 Å². The van der Waals surface area contributed by atoms with Gasteiger partial charge in [-0.25, -0.2) is 4.79 Å².